The van der Waals surface area contributed by atoms with Crippen LogP contribution in [0.25, 0.3) is 0 Å². The lowest BCUT2D eigenvalue weighted by Gasteiger charge is -2.33. The number of hydrogen-bond acceptors (Lipinski definition) is 3. The quantitative estimate of drug-likeness (QED) is 0.899. The van der Waals surface area contributed by atoms with Crippen LogP contribution in [-0.4, -0.2) is 42.2 Å². The Morgan fingerprint density at radius 2 is 2.19 bits per heavy atom. The molecule has 1 fully saturated rings. The standard InChI is InChI=1S/C17H28FN3/c1-5-7-17(2,3)13-9-14(11-19-10-13)20-16-6-8-21(4)12-15(16)18/h9-11,15-16,20H,5-8,12H2,1-4H3/t15-,16+/m0/s1. The number of pyridine rings is 1. The van der Waals surface area contributed by atoms with Gasteiger partial charge in [0.05, 0.1) is 11.7 Å². The summed E-state index contributed by atoms with van der Waals surface area (Å²) >= 11 is 0. The molecule has 0 unspecified atom stereocenters. The summed E-state index contributed by atoms with van der Waals surface area (Å²) < 4.78 is 14.1. The van der Waals surface area contributed by atoms with Gasteiger partial charge < -0.3 is 10.2 Å². The largest absolute Gasteiger partial charge is 0.378 e. The van der Waals surface area contributed by atoms with Crippen molar-refractivity contribution < 1.29 is 4.39 Å². The molecule has 3 nitrogen and oxygen atoms in total. The van der Waals surface area contributed by atoms with Gasteiger partial charge in [0.15, 0.2) is 0 Å². The topological polar surface area (TPSA) is 28.2 Å². The lowest BCUT2D eigenvalue weighted by Crippen LogP contribution is -2.46. The highest BCUT2D eigenvalue weighted by atomic mass is 19.1. The van der Waals surface area contributed by atoms with E-state index in [0.29, 0.717) is 6.54 Å². The molecule has 2 rings (SSSR count). The number of anilines is 1. The highest BCUT2D eigenvalue weighted by molar-refractivity contribution is 5.45. The third kappa shape index (κ3) is 4.16. The minimum Gasteiger partial charge on any atom is -0.378 e. The van der Waals surface area contributed by atoms with Crippen LogP contribution in [0.15, 0.2) is 18.5 Å². The van der Waals surface area contributed by atoms with Crippen LogP contribution in [0.4, 0.5) is 10.1 Å². The third-order valence-electron chi connectivity index (χ3n) is 4.49. The van der Waals surface area contributed by atoms with Gasteiger partial charge in [0.1, 0.15) is 6.17 Å². The minimum atomic E-state index is -0.823. The molecule has 4 heteroatoms. The SMILES string of the molecule is CCCC(C)(C)c1cncc(N[C@@H]2CCN(C)C[C@@H]2F)c1. The van der Waals surface area contributed by atoms with Crippen LogP contribution >= 0.6 is 0 Å². The predicted molar refractivity (Wildman–Crippen MR) is 86.6 cm³/mol. The molecule has 2 heterocycles. The summed E-state index contributed by atoms with van der Waals surface area (Å²) in [5.41, 5.74) is 2.27. The maximum absolute atomic E-state index is 14.1. The Balaban J connectivity index is 2.07. The van der Waals surface area contributed by atoms with Gasteiger partial charge in [-0.15, -0.1) is 0 Å². The van der Waals surface area contributed by atoms with E-state index in [1.807, 2.05) is 18.1 Å². The van der Waals surface area contributed by atoms with Gasteiger partial charge in [-0.1, -0.05) is 27.2 Å². The highest BCUT2D eigenvalue weighted by Gasteiger charge is 2.28. The number of nitrogens with one attached hydrogen (secondary N) is 1. The van der Waals surface area contributed by atoms with E-state index in [9.17, 15) is 4.39 Å². The van der Waals surface area contributed by atoms with Crippen molar-refractivity contribution in [3.05, 3.63) is 24.0 Å². The van der Waals surface area contributed by atoms with Crippen molar-refractivity contribution in [2.45, 2.75) is 57.7 Å². The van der Waals surface area contributed by atoms with E-state index >= 15 is 0 Å². The number of halogens is 1. The Bertz CT molecular complexity index is 461. The van der Waals surface area contributed by atoms with Gasteiger partial charge >= 0.3 is 0 Å². The summed E-state index contributed by atoms with van der Waals surface area (Å²) in [5.74, 6) is 0. The van der Waals surface area contributed by atoms with Crippen molar-refractivity contribution in [1.29, 1.82) is 0 Å². The first-order valence-corrected chi connectivity index (χ1v) is 7.97. The van der Waals surface area contributed by atoms with Gasteiger partial charge in [-0.2, -0.15) is 0 Å². The molecule has 0 bridgehead atoms. The van der Waals surface area contributed by atoms with Crippen LogP contribution in [0.5, 0.6) is 0 Å². The van der Waals surface area contributed by atoms with Crippen LogP contribution in [0.3, 0.4) is 0 Å². The Kier molecular flexibility index (Phi) is 5.20. The maximum Gasteiger partial charge on any atom is 0.133 e. The molecule has 0 amide bonds. The zero-order valence-corrected chi connectivity index (χ0v) is 13.7. The van der Waals surface area contributed by atoms with Gasteiger partial charge in [0.2, 0.25) is 0 Å². The van der Waals surface area contributed by atoms with Crippen LogP contribution in [0.2, 0.25) is 0 Å². The smallest absolute Gasteiger partial charge is 0.133 e. The second-order valence-electron chi connectivity index (χ2n) is 6.91. The summed E-state index contributed by atoms with van der Waals surface area (Å²) in [6.07, 6.45) is 6.01. The summed E-state index contributed by atoms with van der Waals surface area (Å²) in [4.78, 5) is 6.39. The number of hydrogen-bond donors (Lipinski definition) is 1. The molecule has 1 saturated heterocycles. The number of likely N-dealkylation sites (tertiary alicyclic amines) is 1. The Hall–Kier alpha value is -1.16. The molecule has 1 aliphatic heterocycles. The third-order valence-corrected chi connectivity index (χ3v) is 4.49. The van der Waals surface area contributed by atoms with Crippen LogP contribution in [0.1, 0.15) is 45.6 Å². The highest BCUT2D eigenvalue weighted by Crippen LogP contribution is 2.29. The maximum atomic E-state index is 14.1. The number of alkyl halides is 1. The Morgan fingerprint density at radius 1 is 1.43 bits per heavy atom. The molecule has 2 atom stereocenters. The van der Waals surface area contributed by atoms with E-state index in [1.54, 1.807) is 6.20 Å². The minimum absolute atomic E-state index is 0.104. The molecule has 1 aromatic heterocycles. The summed E-state index contributed by atoms with van der Waals surface area (Å²) in [5, 5.41) is 3.34. The molecular weight excluding hydrogens is 265 g/mol. The molecule has 21 heavy (non-hydrogen) atoms. The number of piperidine rings is 1. The lowest BCUT2D eigenvalue weighted by atomic mass is 9.81. The van der Waals surface area contributed by atoms with Gasteiger partial charge in [0.25, 0.3) is 0 Å². The zero-order valence-electron chi connectivity index (χ0n) is 13.7. The molecule has 0 radical (unpaired) electrons. The lowest BCUT2D eigenvalue weighted by molar-refractivity contribution is 0.149. The zero-order chi connectivity index (χ0) is 15.5. The van der Waals surface area contributed by atoms with Crippen LogP contribution in [0, 0.1) is 0 Å². The predicted octanol–water partition coefficient (Wildman–Crippen LogP) is 3.61. The number of nitrogens with zero attached hydrogens (tertiary/aromatic N) is 2. The first-order valence-electron chi connectivity index (χ1n) is 7.97. The average Bonchev–Trinajstić information content (AvgIpc) is 2.42. The molecule has 0 aromatic carbocycles. The van der Waals surface area contributed by atoms with E-state index in [-0.39, 0.29) is 11.5 Å². The molecule has 1 aliphatic rings. The molecule has 118 valence electrons. The monoisotopic (exact) mass is 293 g/mol. The normalized spacial score (nSPS) is 24.0. The first-order chi connectivity index (χ1) is 9.92. The van der Waals surface area contributed by atoms with E-state index in [1.165, 1.54) is 5.56 Å². The second-order valence-corrected chi connectivity index (χ2v) is 6.91. The fourth-order valence-electron chi connectivity index (χ4n) is 3.09. The van der Waals surface area contributed by atoms with Crippen LogP contribution < -0.4 is 5.32 Å². The van der Waals surface area contributed by atoms with Gasteiger partial charge in [-0.3, -0.25) is 4.98 Å². The molecular formula is C17H28FN3. The molecule has 0 spiro atoms. The first kappa shape index (κ1) is 16.2. The number of aromatic nitrogens is 1. The van der Waals surface area contributed by atoms with Crippen molar-refractivity contribution in [3.8, 4) is 0 Å². The van der Waals surface area contributed by atoms with Gasteiger partial charge in [-0.05, 0) is 36.9 Å². The number of rotatable bonds is 5. The van der Waals surface area contributed by atoms with Gasteiger partial charge in [-0.25, -0.2) is 4.39 Å². The van der Waals surface area contributed by atoms with Crippen molar-refractivity contribution in [2.24, 2.45) is 0 Å². The molecule has 0 aliphatic carbocycles. The van der Waals surface area contributed by atoms with Crippen molar-refractivity contribution >= 4 is 5.69 Å². The van der Waals surface area contributed by atoms with E-state index in [4.69, 9.17) is 0 Å². The van der Waals surface area contributed by atoms with Crippen molar-refractivity contribution in [2.75, 3.05) is 25.5 Å². The van der Waals surface area contributed by atoms with Gasteiger partial charge in [0, 0.05) is 25.5 Å². The Labute approximate surface area is 127 Å². The fraction of sp³-hybridized carbons (Fsp3) is 0.706. The second kappa shape index (κ2) is 6.73. The van der Waals surface area contributed by atoms with E-state index in [0.717, 1.165) is 31.5 Å². The summed E-state index contributed by atoms with van der Waals surface area (Å²) in [6, 6.07) is 2.03. The average molecular weight is 293 g/mol. The fourth-order valence-corrected chi connectivity index (χ4v) is 3.09. The van der Waals surface area contributed by atoms with Crippen LogP contribution in [-0.2, 0) is 5.41 Å². The van der Waals surface area contributed by atoms with E-state index in [2.05, 4.69) is 37.1 Å². The Morgan fingerprint density at radius 3 is 2.86 bits per heavy atom. The van der Waals surface area contributed by atoms with E-state index < -0.39 is 6.17 Å². The molecule has 1 aromatic rings. The summed E-state index contributed by atoms with van der Waals surface area (Å²) in [6.45, 7) is 8.12. The van der Waals surface area contributed by atoms with Crippen molar-refractivity contribution in [3.63, 3.8) is 0 Å². The molecule has 0 saturated carbocycles. The van der Waals surface area contributed by atoms with Crippen molar-refractivity contribution in [1.82, 2.24) is 9.88 Å². The molecule has 1 N–H and O–H groups in total. The summed E-state index contributed by atoms with van der Waals surface area (Å²) in [7, 11) is 1.97.